The van der Waals surface area contributed by atoms with Gasteiger partial charge in [-0.05, 0) is 47.9 Å². The van der Waals surface area contributed by atoms with Gasteiger partial charge in [-0.15, -0.1) is 0 Å². The average molecular weight is 479 g/mol. The molecular weight excluding hydrogens is 448 g/mol. The molecule has 35 heavy (non-hydrogen) atoms. The summed E-state index contributed by atoms with van der Waals surface area (Å²) in [5.74, 6) is -1.53. The number of benzene rings is 2. The zero-order chi connectivity index (χ0) is 24.4. The monoisotopic (exact) mass is 478 g/mol. The van der Waals surface area contributed by atoms with Gasteiger partial charge in [0.25, 0.3) is 5.91 Å². The Kier molecular flexibility index (Phi) is 6.72. The number of ether oxygens (including phenoxy) is 2. The van der Waals surface area contributed by atoms with E-state index in [2.05, 4.69) is 29.6 Å². The summed E-state index contributed by atoms with van der Waals surface area (Å²) in [6.07, 6.45) is 1.36. The van der Waals surface area contributed by atoms with Crippen molar-refractivity contribution in [3.8, 4) is 11.1 Å². The van der Waals surface area contributed by atoms with Gasteiger partial charge in [0.05, 0.1) is 0 Å². The van der Waals surface area contributed by atoms with Crippen LogP contribution in [0.5, 0.6) is 0 Å². The highest BCUT2D eigenvalue weighted by Gasteiger charge is 2.41. The van der Waals surface area contributed by atoms with Crippen molar-refractivity contribution in [1.82, 2.24) is 10.2 Å². The van der Waals surface area contributed by atoms with Crippen molar-refractivity contribution in [2.75, 3.05) is 26.3 Å². The number of fused-ring (bicyclic) bond motifs is 3. The maximum absolute atomic E-state index is 13.1. The van der Waals surface area contributed by atoms with E-state index < -0.39 is 24.2 Å². The largest absolute Gasteiger partial charge is 0.480 e. The van der Waals surface area contributed by atoms with Crippen LogP contribution in [0.15, 0.2) is 48.5 Å². The minimum absolute atomic E-state index is 0.0238. The van der Waals surface area contributed by atoms with Crippen molar-refractivity contribution in [3.63, 3.8) is 0 Å². The van der Waals surface area contributed by atoms with Crippen molar-refractivity contribution < 1.29 is 29.0 Å². The van der Waals surface area contributed by atoms with E-state index in [0.29, 0.717) is 26.0 Å². The van der Waals surface area contributed by atoms with E-state index in [-0.39, 0.29) is 30.9 Å². The SMILES string of the molecule is O=C(NCC1CCOC1C(=O)N1CCCC[C@H]1C(=O)O)OCC1c2ccccc2-c2ccccc21. The topological polar surface area (TPSA) is 105 Å². The summed E-state index contributed by atoms with van der Waals surface area (Å²) < 4.78 is 11.3. The highest BCUT2D eigenvalue weighted by Crippen LogP contribution is 2.44. The highest BCUT2D eigenvalue weighted by atomic mass is 16.5. The molecule has 3 aliphatic rings. The number of amides is 2. The van der Waals surface area contributed by atoms with Crippen LogP contribution >= 0.6 is 0 Å². The molecule has 0 bridgehead atoms. The zero-order valence-corrected chi connectivity index (χ0v) is 19.5. The number of carbonyl (C=O) groups is 3. The Balaban J connectivity index is 1.17. The molecule has 2 fully saturated rings. The molecule has 5 rings (SSSR count). The lowest BCUT2D eigenvalue weighted by Crippen LogP contribution is -2.53. The van der Waals surface area contributed by atoms with E-state index in [1.807, 2.05) is 24.3 Å². The minimum atomic E-state index is -0.982. The third kappa shape index (κ3) is 4.62. The number of carbonyl (C=O) groups excluding carboxylic acids is 2. The predicted molar refractivity (Wildman–Crippen MR) is 128 cm³/mol. The van der Waals surface area contributed by atoms with Gasteiger partial charge < -0.3 is 24.8 Å². The van der Waals surface area contributed by atoms with Gasteiger partial charge in [-0.1, -0.05) is 48.5 Å². The van der Waals surface area contributed by atoms with E-state index in [0.717, 1.165) is 24.0 Å². The van der Waals surface area contributed by atoms with Crippen molar-refractivity contribution in [1.29, 1.82) is 0 Å². The van der Waals surface area contributed by atoms with E-state index >= 15 is 0 Å². The van der Waals surface area contributed by atoms with Crippen LogP contribution in [0.2, 0.25) is 0 Å². The third-order valence-electron chi connectivity index (χ3n) is 7.38. The summed E-state index contributed by atoms with van der Waals surface area (Å²) in [6.45, 7) is 1.28. The molecule has 2 heterocycles. The molecule has 8 heteroatoms. The van der Waals surface area contributed by atoms with Crippen LogP contribution in [-0.2, 0) is 19.1 Å². The number of nitrogens with one attached hydrogen (secondary N) is 1. The summed E-state index contributed by atoms with van der Waals surface area (Å²) in [4.78, 5) is 38.7. The normalized spacial score (nSPS) is 23.4. The summed E-state index contributed by atoms with van der Waals surface area (Å²) in [6, 6.07) is 15.5. The lowest BCUT2D eigenvalue weighted by atomic mass is 9.96. The first-order chi connectivity index (χ1) is 17.0. The Morgan fingerprint density at radius 3 is 2.37 bits per heavy atom. The number of carboxylic acids is 1. The molecule has 0 saturated carbocycles. The second kappa shape index (κ2) is 10.1. The molecule has 184 valence electrons. The second-order valence-electron chi connectivity index (χ2n) is 9.43. The van der Waals surface area contributed by atoms with E-state index in [1.165, 1.54) is 16.0 Å². The second-order valence-corrected chi connectivity index (χ2v) is 9.43. The van der Waals surface area contributed by atoms with Gasteiger partial charge in [0, 0.05) is 31.5 Å². The molecule has 2 unspecified atom stereocenters. The maximum Gasteiger partial charge on any atom is 0.407 e. The van der Waals surface area contributed by atoms with E-state index in [1.54, 1.807) is 0 Å². The first-order valence-electron chi connectivity index (χ1n) is 12.3. The Bertz CT molecular complexity index is 1070. The van der Waals surface area contributed by atoms with Crippen LogP contribution < -0.4 is 5.32 Å². The van der Waals surface area contributed by atoms with Gasteiger partial charge in [0.15, 0.2) is 0 Å². The number of rotatable bonds is 6. The van der Waals surface area contributed by atoms with Crippen molar-refractivity contribution in [2.45, 2.75) is 43.7 Å². The Morgan fingerprint density at radius 2 is 1.69 bits per heavy atom. The molecule has 2 N–H and O–H groups in total. The van der Waals surface area contributed by atoms with Gasteiger partial charge in [-0.2, -0.15) is 0 Å². The number of aliphatic carboxylic acids is 1. The molecule has 8 nitrogen and oxygen atoms in total. The molecule has 2 aromatic rings. The number of alkyl carbamates (subject to hydrolysis) is 1. The Morgan fingerprint density at radius 1 is 1.00 bits per heavy atom. The van der Waals surface area contributed by atoms with Gasteiger partial charge in [0.1, 0.15) is 18.8 Å². The average Bonchev–Trinajstić information content (AvgIpc) is 3.48. The molecule has 3 atom stereocenters. The van der Waals surface area contributed by atoms with Gasteiger partial charge in [-0.25, -0.2) is 9.59 Å². The standard InChI is InChI=1S/C27H30N2O6/c30-25(29-13-6-5-11-23(29)26(31)32)24-17(12-14-34-24)15-28-27(33)35-16-22-20-9-3-1-7-18(20)19-8-2-4-10-21(19)22/h1-4,7-10,17,22-24H,5-6,11-16H2,(H,28,33)(H,31,32)/t17?,23-,24?/m0/s1. The number of hydrogen-bond acceptors (Lipinski definition) is 5. The Labute approximate surface area is 204 Å². The minimum Gasteiger partial charge on any atom is -0.480 e. The highest BCUT2D eigenvalue weighted by molar-refractivity contribution is 5.87. The van der Waals surface area contributed by atoms with Gasteiger partial charge in [0.2, 0.25) is 0 Å². The molecule has 2 aromatic carbocycles. The summed E-state index contributed by atoms with van der Waals surface area (Å²) in [7, 11) is 0. The summed E-state index contributed by atoms with van der Waals surface area (Å²) >= 11 is 0. The molecular formula is C27H30N2O6. The van der Waals surface area contributed by atoms with Crippen LogP contribution in [0.1, 0.15) is 42.7 Å². The van der Waals surface area contributed by atoms with Crippen LogP contribution in [-0.4, -0.2) is 66.4 Å². The third-order valence-corrected chi connectivity index (χ3v) is 7.38. The number of hydrogen-bond donors (Lipinski definition) is 2. The molecule has 2 saturated heterocycles. The van der Waals surface area contributed by atoms with Crippen molar-refractivity contribution >= 4 is 18.0 Å². The molecule has 1 aliphatic carbocycles. The fraction of sp³-hybridized carbons (Fsp3) is 0.444. The smallest absolute Gasteiger partial charge is 0.407 e. The summed E-state index contributed by atoms with van der Waals surface area (Å²) in [5, 5.41) is 12.3. The maximum atomic E-state index is 13.1. The summed E-state index contributed by atoms with van der Waals surface area (Å²) in [5.41, 5.74) is 4.62. The zero-order valence-electron chi connectivity index (χ0n) is 19.5. The number of carboxylic acid groups (broad SMARTS) is 1. The van der Waals surface area contributed by atoms with Gasteiger partial charge in [-0.3, -0.25) is 4.79 Å². The van der Waals surface area contributed by atoms with Crippen LogP contribution in [0.25, 0.3) is 11.1 Å². The fourth-order valence-corrected chi connectivity index (χ4v) is 5.60. The van der Waals surface area contributed by atoms with Crippen LogP contribution in [0.3, 0.4) is 0 Å². The molecule has 2 aliphatic heterocycles. The van der Waals surface area contributed by atoms with Gasteiger partial charge >= 0.3 is 12.1 Å². The number of likely N-dealkylation sites (tertiary alicyclic amines) is 1. The molecule has 0 aromatic heterocycles. The fourth-order valence-electron chi connectivity index (χ4n) is 5.60. The number of nitrogens with zero attached hydrogens (tertiary/aromatic N) is 1. The molecule has 0 spiro atoms. The van der Waals surface area contributed by atoms with Crippen molar-refractivity contribution in [2.24, 2.45) is 5.92 Å². The van der Waals surface area contributed by atoms with Crippen LogP contribution in [0, 0.1) is 5.92 Å². The molecule has 2 amide bonds. The quantitative estimate of drug-likeness (QED) is 0.659. The van der Waals surface area contributed by atoms with E-state index in [9.17, 15) is 19.5 Å². The predicted octanol–water partition coefficient (Wildman–Crippen LogP) is 3.40. The van der Waals surface area contributed by atoms with E-state index in [4.69, 9.17) is 9.47 Å². The lowest BCUT2D eigenvalue weighted by Gasteiger charge is -2.35. The Hall–Kier alpha value is -3.39. The first kappa shape index (κ1) is 23.4. The first-order valence-corrected chi connectivity index (χ1v) is 12.3. The van der Waals surface area contributed by atoms with Crippen LogP contribution in [0.4, 0.5) is 4.79 Å². The van der Waals surface area contributed by atoms with Crippen molar-refractivity contribution in [3.05, 3.63) is 59.7 Å². The molecule has 0 radical (unpaired) electrons. The lowest BCUT2D eigenvalue weighted by molar-refractivity contribution is -0.157. The number of piperidine rings is 1.